The average molecular weight is 643 g/mol. The molecule has 2 aromatic rings. The highest BCUT2D eigenvalue weighted by Gasteiger charge is 2.56. The molecule has 256 valence electrons. The molecule has 5 heteroatoms. The van der Waals surface area contributed by atoms with Gasteiger partial charge in [0.05, 0.1) is 0 Å². The van der Waals surface area contributed by atoms with Crippen molar-refractivity contribution in [3.63, 3.8) is 0 Å². The fraction of sp³-hybridized carbons (Fsp3) is 0.714. The van der Waals surface area contributed by atoms with Gasteiger partial charge in [-0.05, 0) is 135 Å². The molecule has 1 aromatic heterocycles. The third-order valence-electron chi connectivity index (χ3n) is 14.0. The summed E-state index contributed by atoms with van der Waals surface area (Å²) < 4.78 is 17.4. The predicted molar refractivity (Wildman–Crippen MR) is 188 cm³/mol. The first-order chi connectivity index (χ1) is 22.5. The van der Waals surface area contributed by atoms with Crippen molar-refractivity contribution in [3.8, 4) is 5.75 Å². The van der Waals surface area contributed by atoms with Gasteiger partial charge in [-0.1, -0.05) is 65.5 Å². The lowest BCUT2D eigenvalue weighted by Gasteiger charge is -2.61. The summed E-state index contributed by atoms with van der Waals surface area (Å²) in [6.45, 7) is 12.3. The standard InChI is InChI=1S/C42H58O5/c1-26(2)8-6-9-27(3)28-12-17-36-35-15-13-29-22-31(18-21-42(29,5)37(35)19-20-41(36,4)24-28)46-39(43)25-45-30-14-16-33-32-10-7-11-34(32)40(44)47-38(33)23-30/h13-14,16,23,26-28,31,35-37H,6-12,15,17-22,24-25H2,1-5H3/t27-,28+,31+,35-,36+,37+,41+,42-/m0/s1. The fourth-order valence-corrected chi connectivity index (χ4v) is 11.3. The molecular weight excluding hydrogens is 584 g/mol. The van der Waals surface area contributed by atoms with Crippen LogP contribution in [0.3, 0.4) is 0 Å². The van der Waals surface area contributed by atoms with Crippen LogP contribution in [0, 0.1) is 46.3 Å². The van der Waals surface area contributed by atoms with Gasteiger partial charge in [-0.15, -0.1) is 0 Å². The molecule has 3 saturated carbocycles. The lowest BCUT2D eigenvalue weighted by atomic mass is 9.44. The third kappa shape index (κ3) is 6.34. The Morgan fingerprint density at radius 2 is 1.83 bits per heavy atom. The molecule has 1 aromatic carbocycles. The van der Waals surface area contributed by atoms with Crippen molar-refractivity contribution in [2.75, 3.05) is 6.61 Å². The quantitative estimate of drug-likeness (QED) is 0.155. The maximum Gasteiger partial charge on any atom is 0.344 e. The van der Waals surface area contributed by atoms with Gasteiger partial charge in [0.25, 0.3) is 0 Å². The highest BCUT2D eigenvalue weighted by atomic mass is 16.6. The molecule has 5 aliphatic carbocycles. The largest absolute Gasteiger partial charge is 0.482 e. The number of ether oxygens (including phenoxy) is 2. The van der Waals surface area contributed by atoms with Crippen molar-refractivity contribution in [1.82, 2.24) is 0 Å². The Hall–Kier alpha value is -2.56. The topological polar surface area (TPSA) is 65.7 Å². The molecule has 0 N–H and O–H groups in total. The minimum Gasteiger partial charge on any atom is -0.482 e. The van der Waals surface area contributed by atoms with Crippen LogP contribution >= 0.6 is 0 Å². The SMILES string of the molecule is CC(C)CCC[C@H](C)[C@@H]1CC[C@@H]2[C@@H]3CC=C4C[C@H](OC(=O)COc5ccc6c7c(c(=O)oc6c5)CCC7)CC[C@]4(C)[C@@H]3CC[C@]2(C)C1. The number of hydrogen-bond acceptors (Lipinski definition) is 5. The Morgan fingerprint density at radius 1 is 1.00 bits per heavy atom. The molecule has 3 fully saturated rings. The van der Waals surface area contributed by atoms with E-state index in [9.17, 15) is 9.59 Å². The zero-order valence-corrected chi connectivity index (χ0v) is 29.7. The molecule has 0 amide bonds. The number of fused-ring (bicyclic) bond motifs is 8. The van der Waals surface area contributed by atoms with Gasteiger partial charge in [0.1, 0.15) is 17.4 Å². The molecule has 0 radical (unpaired) electrons. The van der Waals surface area contributed by atoms with Crippen molar-refractivity contribution in [2.24, 2.45) is 46.3 Å². The Morgan fingerprint density at radius 3 is 2.66 bits per heavy atom. The van der Waals surface area contributed by atoms with Crippen LogP contribution in [0.4, 0.5) is 0 Å². The maximum absolute atomic E-state index is 12.9. The van der Waals surface area contributed by atoms with Crippen LogP contribution in [0.2, 0.25) is 0 Å². The van der Waals surface area contributed by atoms with Crippen molar-refractivity contribution in [2.45, 2.75) is 137 Å². The minimum atomic E-state index is -0.327. The zero-order valence-electron chi connectivity index (χ0n) is 29.7. The molecule has 0 saturated heterocycles. The van der Waals surface area contributed by atoms with Crippen LogP contribution in [0.25, 0.3) is 11.0 Å². The van der Waals surface area contributed by atoms with E-state index in [0.717, 1.165) is 90.5 Å². The van der Waals surface area contributed by atoms with Gasteiger partial charge in [-0.3, -0.25) is 0 Å². The second-order valence-corrected chi connectivity index (χ2v) is 17.3. The molecule has 7 rings (SSSR count). The van der Waals surface area contributed by atoms with Crippen LogP contribution in [0.1, 0.15) is 129 Å². The van der Waals surface area contributed by atoms with Crippen LogP contribution in [0.15, 0.2) is 39.1 Å². The molecule has 8 atom stereocenters. The van der Waals surface area contributed by atoms with Crippen LogP contribution in [-0.2, 0) is 22.4 Å². The molecule has 5 nitrogen and oxygen atoms in total. The summed E-state index contributed by atoms with van der Waals surface area (Å²) in [5.41, 5.74) is 4.46. The lowest BCUT2D eigenvalue weighted by molar-refractivity contribution is -0.154. The Balaban J connectivity index is 0.940. The van der Waals surface area contributed by atoms with Crippen LogP contribution in [-0.4, -0.2) is 18.7 Å². The van der Waals surface area contributed by atoms with E-state index in [0.29, 0.717) is 16.7 Å². The van der Waals surface area contributed by atoms with E-state index >= 15 is 0 Å². The van der Waals surface area contributed by atoms with E-state index in [2.05, 4.69) is 40.7 Å². The first-order valence-corrected chi connectivity index (χ1v) is 19.1. The summed E-state index contributed by atoms with van der Waals surface area (Å²) in [6, 6.07) is 5.54. The molecule has 0 bridgehead atoms. The third-order valence-corrected chi connectivity index (χ3v) is 14.0. The summed E-state index contributed by atoms with van der Waals surface area (Å²) in [4.78, 5) is 25.3. The number of aryl methyl sites for hydroxylation is 1. The Bertz CT molecular complexity index is 1570. The normalized spacial score (nSPS) is 33.7. The van der Waals surface area contributed by atoms with E-state index in [1.165, 1.54) is 63.4 Å². The number of carbonyl (C=O) groups excluding carboxylic acids is 1. The molecule has 0 spiro atoms. The van der Waals surface area contributed by atoms with Gasteiger partial charge < -0.3 is 13.9 Å². The van der Waals surface area contributed by atoms with Crippen LogP contribution < -0.4 is 10.4 Å². The van der Waals surface area contributed by atoms with Gasteiger partial charge >= 0.3 is 11.6 Å². The Kier molecular flexibility index (Phi) is 9.15. The molecule has 0 aliphatic heterocycles. The number of rotatable bonds is 9. The van der Waals surface area contributed by atoms with Crippen molar-refractivity contribution in [3.05, 3.63) is 51.4 Å². The molecular formula is C42H58O5. The smallest absolute Gasteiger partial charge is 0.344 e. The van der Waals surface area contributed by atoms with E-state index in [-0.39, 0.29) is 29.7 Å². The van der Waals surface area contributed by atoms with E-state index in [1.54, 1.807) is 6.07 Å². The average Bonchev–Trinajstić information content (AvgIpc) is 3.54. The fourth-order valence-electron chi connectivity index (χ4n) is 11.3. The minimum absolute atomic E-state index is 0.0827. The summed E-state index contributed by atoms with van der Waals surface area (Å²) in [6.07, 6.45) is 20.4. The summed E-state index contributed by atoms with van der Waals surface area (Å²) >= 11 is 0. The van der Waals surface area contributed by atoms with Gasteiger partial charge in [0.2, 0.25) is 0 Å². The van der Waals surface area contributed by atoms with E-state index < -0.39 is 0 Å². The van der Waals surface area contributed by atoms with Gasteiger partial charge in [0, 0.05) is 23.4 Å². The highest BCUT2D eigenvalue weighted by Crippen LogP contribution is 2.65. The van der Waals surface area contributed by atoms with Gasteiger partial charge in [-0.25, -0.2) is 9.59 Å². The van der Waals surface area contributed by atoms with Crippen molar-refractivity contribution < 1.29 is 18.7 Å². The first kappa shape index (κ1) is 33.0. The monoisotopic (exact) mass is 642 g/mol. The lowest BCUT2D eigenvalue weighted by Crippen LogP contribution is -2.52. The number of benzene rings is 1. The highest BCUT2D eigenvalue weighted by molar-refractivity contribution is 5.83. The van der Waals surface area contributed by atoms with Gasteiger partial charge in [-0.2, -0.15) is 0 Å². The van der Waals surface area contributed by atoms with E-state index in [4.69, 9.17) is 13.9 Å². The number of allylic oxidation sites excluding steroid dienone is 1. The Labute approximate surface area is 282 Å². The first-order valence-electron chi connectivity index (χ1n) is 19.1. The number of esters is 1. The van der Waals surface area contributed by atoms with Gasteiger partial charge in [0.15, 0.2) is 6.61 Å². The number of hydrogen-bond donors (Lipinski definition) is 0. The second kappa shape index (κ2) is 13.0. The van der Waals surface area contributed by atoms with Crippen molar-refractivity contribution >= 4 is 16.9 Å². The zero-order chi connectivity index (χ0) is 32.9. The summed E-state index contributed by atoms with van der Waals surface area (Å²) in [5.74, 6) is 5.20. The van der Waals surface area contributed by atoms with Crippen molar-refractivity contribution in [1.29, 1.82) is 0 Å². The number of carbonyl (C=O) groups is 1. The summed E-state index contributed by atoms with van der Waals surface area (Å²) in [5, 5.41) is 0.970. The molecule has 47 heavy (non-hydrogen) atoms. The molecule has 1 heterocycles. The van der Waals surface area contributed by atoms with Crippen LogP contribution in [0.5, 0.6) is 5.75 Å². The molecule has 0 unspecified atom stereocenters. The summed E-state index contributed by atoms with van der Waals surface area (Å²) in [7, 11) is 0. The maximum atomic E-state index is 12.9. The predicted octanol–water partition coefficient (Wildman–Crippen LogP) is 10.0. The van der Waals surface area contributed by atoms with E-state index in [1.807, 2.05) is 12.1 Å². The second-order valence-electron chi connectivity index (χ2n) is 17.3. The molecule has 5 aliphatic rings.